The van der Waals surface area contributed by atoms with Crippen LogP contribution in [0.2, 0.25) is 0 Å². The molecule has 2 heterocycles. The normalized spacial score (nSPS) is 30.7. The Morgan fingerprint density at radius 3 is 2.55 bits per heavy atom. The van der Waals surface area contributed by atoms with Crippen LogP contribution in [-0.4, -0.2) is 85.2 Å². The molecular formula is C24H39N3O3S. The van der Waals surface area contributed by atoms with Crippen molar-refractivity contribution in [3.63, 3.8) is 0 Å². The first-order valence-electron chi connectivity index (χ1n) is 11.8. The standard InChI is InChI=1S/C24H39N3O3S/c1-17(2)31(29,30)27-11-8-18(9-12-27)16-26(5)23-22-14-19-6-7-20(28)15-21(19)24(23,3)10-13-25(22)4/h6-7,15,17-18,22-23,28H,8-14,16H2,1-5H3/t22-,23+,24?/m1/s1. The summed E-state index contributed by atoms with van der Waals surface area (Å²) in [4.78, 5) is 5.06. The quantitative estimate of drug-likeness (QED) is 0.749. The number of phenols is 1. The summed E-state index contributed by atoms with van der Waals surface area (Å²) in [6.45, 7) is 9.26. The van der Waals surface area contributed by atoms with Crippen molar-refractivity contribution in [1.29, 1.82) is 0 Å². The van der Waals surface area contributed by atoms with E-state index in [1.165, 1.54) is 11.1 Å². The van der Waals surface area contributed by atoms with Crippen LogP contribution in [0.15, 0.2) is 18.2 Å². The third-order valence-corrected chi connectivity index (χ3v) is 10.5. The maximum Gasteiger partial charge on any atom is 0.216 e. The van der Waals surface area contributed by atoms with Crippen molar-refractivity contribution >= 4 is 10.0 Å². The second kappa shape index (κ2) is 8.32. The smallest absolute Gasteiger partial charge is 0.216 e. The number of aromatic hydroxyl groups is 1. The topological polar surface area (TPSA) is 64.1 Å². The Balaban J connectivity index is 1.50. The number of phenolic OH excluding ortho intramolecular Hbond substituents is 1. The van der Waals surface area contributed by atoms with Crippen LogP contribution in [0.25, 0.3) is 0 Å². The number of hydrogen-bond donors (Lipinski definition) is 1. The number of hydrogen-bond acceptors (Lipinski definition) is 5. The third-order valence-electron chi connectivity index (χ3n) is 8.26. The molecule has 3 atom stereocenters. The van der Waals surface area contributed by atoms with Gasteiger partial charge in [0, 0.05) is 37.1 Å². The number of fused-ring (bicyclic) bond motifs is 4. The molecule has 0 radical (unpaired) electrons. The van der Waals surface area contributed by atoms with Gasteiger partial charge < -0.3 is 14.9 Å². The van der Waals surface area contributed by atoms with E-state index in [4.69, 9.17) is 0 Å². The van der Waals surface area contributed by atoms with E-state index in [-0.39, 0.29) is 10.7 Å². The van der Waals surface area contributed by atoms with E-state index < -0.39 is 10.0 Å². The molecule has 3 aliphatic rings. The van der Waals surface area contributed by atoms with Crippen molar-refractivity contribution in [3.05, 3.63) is 29.3 Å². The van der Waals surface area contributed by atoms with Gasteiger partial charge in [0.2, 0.25) is 10.0 Å². The predicted octanol–water partition coefficient (Wildman–Crippen LogP) is 2.66. The number of piperidine rings is 2. The predicted molar refractivity (Wildman–Crippen MR) is 125 cm³/mol. The fourth-order valence-corrected chi connectivity index (χ4v) is 7.71. The zero-order valence-electron chi connectivity index (χ0n) is 19.7. The number of rotatable bonds is 5. The molecule has 2 fully saturated rings. The minimum atomic E-state index is -3.15. The van der Waals surface area contributed by atoms with Crippen LogP contribution in [0.1, 0.15) is 51.2 Å². The van der Waals surface area contributed by atoms with Gasteiger partial charge in [-0.1, -0.05) is 13.0 Å². The Labute approximate surface area is 188 Å². The number of likely N-dealkylation sites (tertiary alicyclic amines) is 1. The molecule has 0 amide bonds. The molecule has 31 heavy (non-hydrogen) atoms. The lowest BCUT2D eigenvalue weighted by atomic mass is 9.61. The van der Waals surface area contributed by atoms with Gasteiger partial charge in [-0.25, -0.2) is 12.7 Å². The summed E-state index contributed by atoms with van der Waals surface area (Å²) >= 11 is 0. The average molecular weight is 450 g/mol. The van der Waals surface area contributed by atoms with Crippen LogP contribution < -0.4 is 0 Å². The minimum absolute atomic E-state index is 0.0138. The van der Waals surface area contributed by atoms with Gasteiger partial charge in [-0.05, 0) is 89.3 Å². The first-order valence-corrected chi connectivity index (χ1v) is 13.3. The second-order valence-corrected chi connectivity index (χ2v) is 13.1. The van der Waals surface area contributed by atoms with E-state index in [0.717, 1.165) is 38.8 Å². The molecule has 0 aromatic heterocycles. The molecular weight excluding hydrogens is 410 g/mol. The third kappa shape index (κ3) is 4.03. The molecule has 1 aromatic rings. The molecule has 0 spiro atoms. The summed E-state index contributed by atoms with van der Waals surface area (Å²) in [6, 6.07) is 6.77. The molecule has 7 heteroatoms. The lowest BCUT2D eigenvalue weighted by molar-refractivity contribution is -0.00615. The van der Waals surface area contributed by atoms with Gasteiger partial charge in [0.1, 0.15) is 5.75 Å². The van der Waals surface area contributed by atoms with Crippen LogP contribution in [0.5, 0.6) is 5.75 Å². The van der Waals surface area contributed by atoms with Crippen molar-refractivity contribution < 1.29 is 13.5 Å². The van der Waals surface area contributed by atoms with Crippen LogP contribution in [0.4, 0.5) is 0 Å². The van der Waals surface area contributed by atoms with E-state index in [9.17, 15) is 13.5 Å². The first kappa shape index (κ1) is 23.0. The molecule has 0 saturated carbocycles. The van der Waals surface area contributed by atoms with Gasteiger partial charge in [0.05, 0.1) is 5.25 Å². The molecule has 1 aliphatic carbocycles. The van der Waals surface area contributed by atoms with Gasteiger partial charge in [-0.3, -0.25) is 0 Å². The Morgan fingerprint density at radius 2 is 1.90 bits per heavy atom. The summed E-state index contributed by atoms with van der Waals surface area (Å²) in [5, 5.41) is 9.84. The van der Waals surface area contributed by atoms with E-state index in [1.54, 1.807) is 18.2 Å². The van der Waals surface area contributed by atoms with Crippen molar-refractivity contribution in [2.45, 2.75) is 69.2 Å². The lowest BCUT2D eigenvalue weighted by Gasteiger charge is -2.58. The zero-order valence-corrected chi connectivity index (χ0v) is 20.5. The first-order chi connectivity index (χ1) is 14.5. The summed E-state index contributed by atoms with van der Waals surface area (Å²) in [5.74, 6) is 0.876. The lowest BCUT2D eigenvalue weighted by Crippen LogP contribution is -2.66. The van der Waals surface area contributed by atoms with Gasteiger partial charge in [0.15, 0.2) is 0 Å². The maximum atomic E-state index is 12.5. The van der Waals surface area contributed by atoms with Crippen LogP contribution >= 0.6 is 0 Å². The molecule has 174 valence electrons. The van der Waals surface area contributed by atoms with E-state index in [2.05, 4.69) is 36.9 Å². The molecule has 2 saturated heterocycles. The Morgan fingerprint density at radius 1 is 1.23 bits per heavy atom. The highest BCUT2D eigenvalue weighted by Gasteiger charge is 2.51. The summed E-state index contributed by atoms with van der Waals surface area (Å²) < 4.78 is 26.7. The fourth-order valence-electron chi connectivity index (χ4n) is 6.39. The summed E-state index contributed by atoms with van der Waals surface area (Å²) in [6.07, 6.45) is 3.95. The number of nitrogens with zero attached hydrogens (tertiary/aromatic N) is 3. The van der Waals surface area contributed by atoms with E-state index >= 15 is 0 Å². The highest BCUT2D eigenvalue weighted by atomic mass is 32.2. The van der Waals surface area contributed by atoms with Gasteiger partial charge in [0.25, 0.3) is 0 Å². The van der Waals surface area contributed by atoms with Crippen molar-refractivity contribution in [2.75, 3.05) is 40.3 Å². The molecule has 1 unspecified atom stereocenters. The van der Waals surface area contributed by atoms with Crippen LogP contribution in [-0.2, 0) is 21.9 Å². The Kier molecular flexibility index (Phi) is 6.18. The maximum absolute atomic E-state index is 12.5. The fraction of sp³-hybridized carbons (Fsp3) is 0.750. The second-order valence-electron chi connectivity index (χ2n) is 10.6. The van der Waals surface area contributed by atoms with Crippen LogP contribution in [0, 0.1) is 5.92 Å². The highest BCUT2D eigenvalue weighted by molar-refractivity contribution is 7.89. The monoisotopic (exact) mass is 449 g/mol. The van der Waals surface area contributed by atoms with Crippen LogP contribution in [0.3, 0.4) is 0 Å². The number of benzene rings is 1. The van der Waals surface area contributed by atoms with Gasteiger partial charge >= 0.3 is 0 Å². The summed E-state index contributed by atoms with van der Waals surface area (Å²) in [7, 11) is 1.34. The van der Waals surface area contributed by atoms with Gasteiger partial charge in [-0.15, -0.1) is 0 Å². The largest absolute Gasteiger partial charge is 0.508 e. The molecule has 4 rings (SSSR count). The summed E-state index contributed by atoms with van der Waals surface area (Å²) in [5.41, 5.74) is 2.69. The molecule has 2 bridgehead atoms. The minimum Gasteiger partial charge on any atom is -0.508 e. The van der Waals surface area contributed by atoms with Crippen molar-refractivity contribution in [2.24, 2.45) is 5.92 Å². The van der Waals surface area contributed by atoms with Crippen molar-refractivity contribution in [1.82, 2.24) is 14.1 Å². The molecule has 2 aliphatic heterocycles. The highest BCUT2D eigenvalue weighted by Crippen LogP contribution is 2.47. The number of likely N-dealkylation sites (N-methyl/N-ethyl adjacent to an activating group) is 2. The SMILES string of the molecule is CC(C)S(=O)(=O)N1CCC(CN(C)[C@H]2[C@H]3Cc4ccc(O)cc4C2(C)CCN3C)CC1. The Hall–Kier alpha value is -1.15. The van der Waals surface area contributed by atoms with Gasteiger partial charge in [-0.2, -0.15) is 0 Å². The molecule has 1 aromatic carbocycles. The Bertz CT molecular complexity index is 911. The van der Waals surface area contributed by atoms with Crippen molar-refractivity contribution in [3.8, 4) is 5.75 Å². The number of sulfonamides is 1. The van der Waals surface area contributed by atoms with E-state index in [0.29, 0.717) is 36.8 Å². The molecule has 1 N–H and O–H groups in total. The molecule has 6 nitrogen and oxygen atoms in total. The van der Waals surface area contributed by atoms with E-state index in [1.807, 2.05) is 12.1 Å². The zero-order chi connectivity index (χ0) is 22.6. The average Bonchev–Trinajstić information content (AvgIpc) is 2.72.